The summed E-state index contributed by atoms with van der Waals surface area (Å²) in [6.45, 7) is 4.51. The molecule has 3 unspecified atom stereocenters. The second-order valence-electron chi connectivity index (χ2n) is 6.06. The van der Waals surface area contributed by atoms with Crippen LogP contribution in [-0.4, -0.2) is 9.55 Å². The Morgan fingerprint density at radius 3 is 2.80 bits per heavy atom. The molecule has 2 aromatic rings. The molecular formula is C15H19ClFN3. The Kier molecular flexibility index (Phi) is 3.36. The number of hydrogen-bond acceptors (Lipinski definition) is 2. The topological polar surface area (TPSA) is 43.8 Å². The van der Waals surface area contributed by atoms with Crippen molar-refractivity contribution in [3.05, 3.63) is 23.0 Å². The molecule has 3 nitrogen and oxygen atoms in total. The highest BCUT2D eigenvalue weighted by molar-refractivity contribution is 6.31. The van der Waals surface area contributed by atoms with Gasteiger partial charge in [0.15, 0.2) is 0 Å². The first-order valence-electron chi connectivity index (χ1n) is 7.09. The SMILES string of the molecule is CC1CCC(n2c(N)nc3cc(Cl)c(F)cc32)C(C)C1. The molecule has 1 aliphatic carbocycles. The number of nitrogens with zero attached hydrogens (tertiary/aromatic N) is 2. The summed E-state index contributed by atoms with van der Waals surface area (Å²) >= 11 is 5.82. The molecule has 20 heavy (non-hydrogen) atoms. The lowest BCUT2D eigenvalue weighted by molar-refractivity contribution is 0.213. The molecule has 1 aliphatic rings. The summed E-state index contributed by atoms with van der Waals surface area (Å²) in [5.74, 6) is 1.28. The Hall–Kier alpha value is -1.29. The minimum Gasteiger partial charge on any atom is -0.369 e. The van der Waals surface area contributed by atoms with E-state index in [1.807, 2.05) is 4.57 Å². The lowest BCUT2D eigenvalue weighted by Crippen LogP contribution is -2.25. The Balaban J connectivity index is 2.11. The van der Waals surface area contributed by atoms with Gasteiger partial charge in [-0.3, -0.25) is 0 Å². The van der Waals surface area contributed by atoms with Crippen LogP contribution in [-0.2, 0) is 0 Å². The first-order valence-corrected chi connectivity index (χ1v) is 7.47. The summed E-state index contributed by atoms with van der Waals surface area (Å²) in [7, 11) is 0. The molecular weight excluding hydrogens is 277 g/mol. The Morgan fingerprint density at radius 2 is 2.10 bits per heavy atom. The van der Waals surface area contributed by atoms with E-state index in [1.54, 1.807) is 6.07 Å². The van der Waals surface area contributed by atoms with E-state index in [1.165, 1.54) is 18.9 Å². The zero-order valence-corrected chi connectivity index (χ0v) is 12.5. The Bertz CT molecular complexity index is 652. The van der Waals surface area contributed by atoms with Crippen LogP contribution in [0.5, 0.6) is 0 Å². The largest absolute Gasteiger partial charge is 0.369 e. The molecule has 1 fully saturated rings. The average Bonchev–Trinajstić information content (AvgIpc) is 2.66. The molecule has 1 aromatic heterocycles. The number of benzene rings is 1. The summed E-state index contributed by atoms with van der Waals surface area (Å²) in [6.07, 6.45) is 3.40. The van der Waals surface area contributed by atoms with Crippen molar-refractivity contribution >= 4 is 28.6 Å². The van der Waals surface area contributed by atoms with Crippen LogP contribution in [0.2, 0.25) is 5.02 Å². The second kappa shape index (κ2) is 4.92. The Morgan fingerprint density at radius 1 is 1.35 bits per heavy atom. The zero-order valence-electron chi connectivity index (χ0n) is 11.7. The van der Waals surface area contributed by atoms with E-state index >= 15 is 0 Å². The normalized spacial score (nSPS) is 27.1. The molecule has 5 heteroatoms. The fraction of sp³-hybridized carbons (Fsp3) is 0.533. The number of anilines is 1. The zero-order chi connectivity index (χ0) is 14.4. The van der Waals surface area contributed by atoms with Gasteiger partial charge in [-0.05, 0) is 37.2 Å². The predicted molar refractivity (Wildman–Crippen MR) is 80.3 cm³/mol. The molecule has 1 aromatic carbocycles. The summed E-state index contributed by atoms with van der Waals surface area (Å²) in [5.41, 5.74) is 7.48. The van der Waals surface area contributed by atoms with E-state index in [-0.39, 0.29) is 11.1 Å². The van der Waals surface area contributed by atoms with Crippen LogP contribution in [0.3, 0.4) is 0 Å². The van der Waals surface area contributed by atoms with Crippen molar-refractivity contribution in [3.8, 4) is 0 Å². The molecule has 0 amide bonds. The van der Waals surface area contributed by atoms with Crippen LogP contribution < -0.4 is 5.73 Å². The van der Waals surface area contributed by atoms with E-state index in [9.17, 15) is 4.39 Å². The van der Waals surface area contributed by atoms with Crippen molar-refractivity contribution in [2.24, 2.45) is 11.8 Å². The first kappa shape index (κ1) is 13.7. The number of halogens is 2. The number of aromatic nitrogens is 2. The fourth-order valence-electron chi connectivity index (χ4n) is 3.49. The van der Waals surface area contributed by atoms with Gasteiger partial charge in [-0.25, -0.2) is 9.37 Å². The maximum atomic E-state index is 13.8. The average molecular weight is 296 g/mol. The van der Waals surface area contributed by atoms with E-state index in [4.69, 9.17) is 17.3 Å². The minimum absolute atomic E-state index is 0.0902. The van der Waals surface area contributed by atoms with Crippen LogP contribution >= 0.6 is 11.6 Å². The van der Waals surface area contributed by atoms with Crippen molar-refractivity contribution in [2.75, 3.05) is 5.73 Å². The monoisotopic (exact) mass is 295 g/mol. The number of nitrogens with two attached hydrogens (primary N) is 1. The molecule has 0 radical (unpaired) electrons. The smallest absolute Gasteiger partial charge is 0.201 e. The third kappa shape index (κ3) is 2.16. The second-order valence-corrected chi connectivity index (χ2v) is 6.47. The van der Waals surface area contributed by atoms with Gasteiger partial charge >= 0.3 is 0 Å². The fourth-order valence-corrected chi connectivity index (χ4v) is 3.65. The maximum Gasteiger partial charge on any atom is 0.201 e. The number of fused-ring (bicyclic) bond motifs is 1. The molecule has 1 heterocycles. The van der Waals surface area contributed by atoms with E-state index in [0.717, 1.165) is 17.9 Å². The molecule has 3 atom stereocenters. The van der Waals surface area contributed by atoms with Gasteiger partial charge in [-0.15, -0.1) is 0 Å². The maximum absolute atomic E-state index is 13.8. The lowest BCUT2D eigenvalue weighted by Gasteiger charge is -2.34. The van der Waals surface area contributed by atoms with Crippen LogP contribution in [0.1, 0.15) is 39.2 Å². The Labute approximate surface area is 122 Å². The van der Waals surface area contributed by atoms with Gasteiger partial charge in [0, 0.05) is 12.1 Å². The van der Waals surface area contributed by atoms with Gasteiger partial charge in [0.05, 0.1) is 16.1 Å². The summed E-state index contributed by atoms with van der Waals surface area (Å²) in [4.78, 5) is 4.33. The van der Waals surface area contributed by atoms with Crippen molar-refractivity contribution in [1.82, 2.24) is 9.55 Å². The highest BCUT2D eigenvalue weighted by atomic mass is 35.5. The number of nitrogen functional groups attached to an aromatic ring is 1. The first-order chi connectivity index (χ1) is 9.47. The van der Waals surface area contributed by atoms with Crippen molar-refractivity contribution in [2.45, 2.75) is 39.2 Å². The van der Waals surface area contributed by atoms with E-state index in [2.05, 4.69) is 18.8 Å². The highest BCUT2D eigenvalue weighted by Crippen LogP contribution is 2.40. The van der Waals surface area contributed by atoms with Crippen LogP contribution in [0.25, 0.3) is 11.0 Å². The van der Waals surface area contributed by atoms with Gasteiger partial charge in [-0.1, -0.05) is 25.4 Å². The third-order valence-electron chi connectivity index (χ3n) is 4.48. The molecule has 2 N–H and O–H groups in total. The summed E-state index contributed by atoms with van der Waals surface area (Å²) in [5, 5.41) is 0.0902. The molecule has 0 aliphatic heterocycles. The summed E-state index contributed by atoms with van der Waals surface area (Å²) < 4.78 is 15.7. The molecule has 0 spiro atoms. The van der Waals surface area contributed by atoms with Gasteiger partial charge < -0.3 is 10.3 Å². The quantitative estimate of drug-likeness (QED) is 0.847. The van der Waals surface area contributed by atoms with Gasteiger partial charge in [0.25, 0.3) is 0 Å². The van der Waals surface area contributed by atoms with Crippen LogP contribution in [0.4, 0.5) is 10.3 Å². The molecule has 1 saturated carbocycles. The third-order valence-corrected chi connectivity index (χ3v) is 4.77. The lowest BCUT2D eigenvalue weighted by atomic mass is 9.79. The molecule has 108 valence electrons. The standard InChI is InChI=1S/C15H19ClFN3/c1-8-3-4-13(9(2)5-8)20-14-7-11(17)10(16)6-12(14)19-15(20)18/h6-9,13H,3-5H2,1-2H3,(H2,18,19). The van der Waals surface area contributed by atoms with Crippen molar-refractivity contribution in [1.29, 1.82) is 0 Å². The van der Waals surface area contributed by atoms with Gasteiger partial charge in [-0.2, -0.15) is 0 Å². The van der Waals surface area contributed by atoms with Gasteiger partial charge in [0.1, 0.15) is 5.82 Å². The van der Waals surface area contributed by atoms with E-state index in [0.29, 0.717) is 17.4 Å². The number of hydrogen-bond donors (Lipinski definition) is 1. The molecule has 0 saturated heterocycles. The summed E-state index contributed by atoms with van der Waals surface area (Å²) in [6, 6.07) is 3.29. The predicted octanol–water partition coefficient (Wildman–Crippen LogP) is 4.41. The highest BCUT2D eigenvalue weighted by Gasteiger charge is 2.29. The van der Waals surface area contributed by atoms with Crippen molar-refractivity contribution in [3.63, 3.8) is 0 Å². The number of rotatable bonds is 1. The van der Waals surface area contributed by atoms with E-state index < -0.39 is 5.82 Å². The van der Waals surface area contributed by atoms with Crippen LogP contribution in [0, 0.1) is 17.7 Å². The molecule has 0 bridgehead atoms. The number of imidazole rings is 1. The minimum atomic E-state index is -0.419. The molecule has 3 rings (SSSR count). The van der Waals surface area contributed by atoms with Crippen LogP contribution in [0.15, 0.2) is 12.1 Å². The van der Waals surface area contributed by atoms with Crippen molar-refractivity contribution < 1.29 is 4.39 Å². The van der Waals surface area contributed by atoms with Gasteiger partial charge in [0.2, 0.25) is 5.95 Å².